The monoisotopic (exact) mass is 482 g/mol. The number of fused-ring (bicyclic) bond motifs is 3. The molecule has 0 spiro atoms. The summed E-state index contributed by atoms with van der Waals surface area (Å²) in [5.74, 6) is 1.66. The molecule has 0 unspecified atom stereocenters. The van der Waals surface area contributed by atoms with Crippen molar-refractivity contribution in [3.8, 4) is 17.2 Å². The third-order valence-electron chi connectivity index (χ3n) is 5.83. The molecule has 0 saturated heterocycles. The Bertz CT molecular complexity index is 1240. The number of ether oxygens (including phenoxy) is 3. The number of halogens is 2. The van der Waals surface area contributed by atoms with Gasteiger partial charge in [-0.2, -0.15) is 5.10 Å². The lowest BCUT2D eigenvalue weighted by atomic mass is 9.95. The standard InChI is InChI=1S/C25H20Cl2N2O4/c1-31-17-7-3-14(4-8-17)21-13-22-19-11-16(26)12-20(27)24(19)33-25(29(22)28-21)23(30)15-5-9-18(32-2)10-6-15/h3-12,22,25H,13H2,1-2H3/t22-,25+/m0/s1. The van der Waals surface area contributed by atoms with Gasteiger partial charge in [-0.25, -0.2) is 5.01 Å². The van der Waals surface area contributed by atoms with Crippen LogP contribution >= 0.6 is 23.2 Å². The first-order valence-electron chi connectivity index (χ1n) is 10.3. The van der Waals surface area contributed by atoms with Crippen molar-refractivity contribution in [3.63, 3.8) is 0 Å². The van der Waals surface area contributed by atoms with Crippen molar-refractivity contribution in [2.75, 3.05) is 14.2 Å². The number of benzene rings is 3. The van der Waals surface area contributed by atoms with Gasteiger partial charge in [0.1, 0.15) is 17.2 Å². The number of rotatable bonds is 5. The van der Waals surface area contributed by atoms with Crippen molar-refractivity contribution in [2.45, 2.75) is 18.7 Å². The molecule has 2 atom stereocenters. The van der Waals surface area contributed by atoms with E-state index in [9.17, 15) is 4.79 Å². The molecule has 6 nitrogen and oxygen atoms in total. The SMILES string of the molecule is COc1ccc(C(=O)[C@H]2Oc3c(Cl)cc(Cl)cc3[C@@H]3CC(c4ccc(OC)cc4)=NN23)cc1. The summed E-state index contributed by atoms with van der Waals surface area (Å²) in [4.78, 5) is 13.5. The average molecular weight is 483 g/mol. The first-order valence-corrected chi connectivity index (χ1v) is 11.1. The van der Waals surface area contributed by atoms with Gasteiger partial charge in [-0.3, -0.25) is 4.79 Å². The molecule has 0 fully saturated rings. The number of nitrogens with zero attached hydrogens (tertiary/aromatic N) is 2. The molecular weight excluding hydrogens is 463 g/mol. The molecule has 0 amide bonds. The highest BCUT2D eigenvalue weighted by Crippen LogP contribution is 2.47. The highest BCUT2D eigenvalue weighted by atomic mass is 35.5. The number of ketones is 1. The van der Waals surface area contributed by atoms with E-state index >= 15 is 0 Å². The zero-order valence-corrected chi connectivity index (χ0v) is 19.4. The minimum absolute atomic E-state index is 0.223. The van der Waals surface area contributed by atoms with E-state index < -0.39 is 6.23 Å². The molecule has 2 aliphatic rings. The predicted molar refractivity (Wildman–Crippen MR) is 127 cm³/mol. The number of Topliss-reactive ketones (excluding diaryl/α,β-unsaturated/α-hetero) is 1. The van der Waals surface area contributed by atoms with Gasteiger partial charge in [0, 0.05) is 22.6 Å². The van der Waals surface area contributed by atoms with Gasteiger partial charge in [-0.05, 0) is 66.2 Å². The largest absolute Gasteiger partial charge is 0.497 e. The third-order valence-corrected chi connectivity index (χ3v) is 6.33. The van der Waals surface area contributed by atoms with E-state index in [2.05, 4.69) is 0 Å². The summed E-state index contributed by atoms with van der Waals surface area (Å²) in [7, 11) is 3.20. The number of carbonyl (C=O) groups is 1. The Balaban J connectivity index is 1.56. The molecule has 3 aromatic rings. The second-order valence-corrected chi connectivity index (χ2v) is 8.59. The van der Waals surface area contributed by atoms with Crippen LogP contribution in [0.4, 0.5) is 0 Å². The molecule has 8 heteroatoms. The van der Waals surface area contributed by atoms with Crippen molar-refractivity contribution in [1.82, 2.24) is 5.01 Å². The van der Waals surface area contributed by atoms with Gasteiger partial charge < -0.3 is 14.2 Å². The fourth-order valence-corrected chi connectivity index (χ4v) is 4.70. The minimum Gasteiger partial charge on any atom is -0.497 e. The number of hydrogen-bond donors (Lipinski definition) is 0. The molecule has 2 aliphatic heterocycles. The second-order valence-electron chi connectivity index (χ2n) is 7.74. The summed E-state index contributed by atoms with van der Waals surface area (Å²) in [6.07, 6.45) is -0.392. The molecule has 168 valence electrons. The van der Waals surface area contributed by atoms with Crippen LogP contribution in [0.3, 0.4) is 0 Å². The summed E-state index contributed by atoms with van der Waals surface area (Å²) in [5, 5.41) is 7.38. The van der Waals surface area contributed by atoms with E-state index in [4.69, 9.17) is 42.5 Å². The lowest BCUT2D eigenvalue weighted by Gasteiger charge is -2.37. The predicted octanol–water partition coefficient (Wildman–Crippen LogP) is 5.76. The Labute approximate surface area is 201 Å². The Morgan fingerprint density at radius 3 is 2.27 bits per heavy atom. The Morgan fingerprint density at radius 1 is 1.00 bits per heavy atom. The lowest BCUT2D eigenvalue weighted by Crippen LogP contribution is -2.46. The van der Waals surface area contributed by atoms with E-state index in [0.29, 0.717) is 33.5 Å². The molecule has 0 aromatic heterocycles. The van der Waals surface area contributed by atoms with Crippen molar-refractivity contribution in [2.24, 2.45) is 5.10 Å². The van der Waals surface area contributed by atoms with E-state index in [1.54, 1.807) is 49.6 Å². The number of carbonyl (C=O) groups excluding carboxylic acids is 1. The van der Waals surface area contributed by atoms with Crippen LogP contribution in [0.1, 0.15) is 33.9 Å². The molecule has 0 bridgehead atoms. The van der Waals surface area contributed by atoms with Crippen LogP contribution in [0, 0.1) is 0 Å². The van der Waals surface area contributed by atoms with Crippen LogP contribution < -0.4 is 14.2 Å². The zero-order valence-electron chi connectivity index (χ0n) is 17.9. The first-order chi connectivity index (χ1) is 16.0. The van der Waals surface area contributed by atoms with Crippen molar-refractivity contribution in [1.29, 1.82) is 0 Å². The Hall–Kier alpha value is -3.22. The topological polar surface area (TPSA) is 60.4 Å². The van der Waals surface area contributed by atoms with Crippen LogP contribution in [0.15, 0.2) is 65.8 Å². The Kier molecular flexibility index (Phi) is 5.64. The number of hydrogen-bond acceptors (Lipinski definition) is 6. The maximum atomic E-state index is 13.5. The molecule has 0 radical (unpaired) electrons. The molecule has 33 heavy (non-hydrogen) atoms. The van der Waals surface area contributed by atoms with E-state index in [1.165, 1.54) is 0 Å². The maximum Gasteiger partial charge on any atom is 0.251 e. The van der Waals surface area contributed by atoms with Gasteiger partial charge in [0.15, 0.2) is 0 Å². The number of methoxy groups -OCH3 is 2. The summed E-state index contributed by atoms with van der Waals surface area (Å²) in [6.45, 7) is 0. The van der Waals surface area contributed by atoms with Crippen molar-refractivity contribution < 1.29 is 19.0 Å². The normalized spacial score (nSPS) is 18.7. The van der Waals surface area contributed by atoms with Gasteiger partial charge in [-0.1, -0.05) is 23.2 Å². The van der Waals surface area contributed by atoms with Gasteiger partial charge in [-0.15, -0.1) is 0 Å². The van der Waals surface area contributed by atoms with Gasteiger partial charge >= 0.3 is 0 Å². The highest BCUT2D eigenvalue weighted by Gasteiger charge is 2.44. The van der Waals surface area contributed by atoms with Gasteiger partial charge in [0.05, 0.1) is 31.0 Å². The van der Waals surface area contributed by atoms with Crippen molar-refractivity contribution >= 4 is 34.7 Å². The second kappa shape index (κ2) is 8.61. The quantitative estimate of drug-likeness (QED) is 0.432. The van der Waals surface area contributed by atoms with E-state index in [1.807, 2.05) is 30.3 Å². The smallest absolute Gasteiger partial charge is 0.251 e. The van der Waals surface area contributed by atoms with Crippen LogP contribution in [0.2, 0.25) is 10.0 Å². The van der Waals surface area contributed by atoms with E-state index in [-0.39, 0.29) is 11.8 Å². The van der Waals surface area contributed by atoms with Crippen LogP contribution in [0.5, 0.6) is 17.2 Å². The van der Waals surface area contributed by atoms with Crippen LogP contribution in [-0.4, -0.2) is 37.0 Å². The minimum atomic E-state index is -0.967. The number of hydrazone groups is 1. The third kappa shape index (κ3) is 3.90. The molecule has 5 rings (SSSR count). The fourth-order valence-electron chi connectivity index (χ4n) is 4.14. The summed E-state index contributed by atoms with van der Waals surface area (Å²) >= 11 is 12.8. The Morgan fingerprint density at radius 2 is 1.64 bits per heavy atom. The molecule has 0 aliphatic carbocycles. The average Bonchev–Trinajstić information content (AvgIpc) is 3.29. The molecule has 3 aromatic carbocycles. The molecule has 2 heterocycles. The molecule has 0 saturated carbocycles. The summed E-state index contributed by atoms with van der Waals surface area (Å²) in [6, 6.07) is 17.8. The van der Waals surface area contributed by atoms with Gasteiger partial charge in [0.2, 0.25) is 5.78 Å². The van der Waals surface area contributed by atoms with Crippen molar-refractivity contribution in [3.05, 3.63) is 87.4 Å². The first kappa shape index (κ1) is 21.6. The molecular formula is C25H20Cl2N2O4. The molecule has 0 N–H and O–H groups in total. The van der Waals surface area contributed by atoms with Gasteiger partial charge in [0.25, 0.3) is 6.23 Å². The maximum absolute atomic E-state index is 13.5. The highest BCUT2D eigenvalue weighted by molar-refractivity contribution is 6.35. The zero-order chi connectivity index (χ0) is 23.1. The van der Waals surface area contributed by atoms with Crippen LogP contribution in [0.25, 0.3) is 0 Å². The lowest BCUT2D eigenvalue weighted by molar-refractivity contribution is -0.00448. The fraction of sp³-hybridized carbons (Fsp3) is 0.200. The summed E-state index contributed by atoms with van der Waals surface area (Å²) in [5.41, 5.74) is 3.07. The van der Waals surface area contributed by atoms with Crippen LogP contribution in [-0.2, 0) is 0 Å². The van der Waals surface area contributed by atoms with E-state index in [0.717, 1.165) is 22.6 Å². The summed E-state index contributed by atoms with van der Waals surface area (Å²) < 4.78 is 16.6.